The first-order valence-electron chi connectivity index (χ1n) is 5.15. The van der Waals surface area contributed by atoms with E-state index in [2.05, 4.69) is 0 Å². The molecule has 0 fully saturated rings. The van der Waals surface area contributed by atoms with E-state index >= 15 is 0 Å². The molecule has 0 aliphatic heterocycles. The van der Waals surface area contributed by atoms with E-state index < -0.39 is 23.6 Å². The summed E-state index contributed by atoms with van der Waals surface area (Å²) in [5, 5.41) is 0. The number of hydrogen-bond donors (Lipinski definition) is 0. The maximum atomic E-state index is 13.6. The van der Waals surface area contributed by atoms with E-state index in [0.29, 0.717) is 6.07 Å². The van der Waals surface area contributed by atoms with Crippen LogP contribution in [0.25, 0.3) is 0 Å². The number of alkyl halides is 7. The molecule has 107 valence electrons. The summed E-state index contributed by atoms with van der Waals surface area (Å²) < 4.78 is 89.4. The number of halogens is 7. The second kappa shape index (κ2) is 4.68. The minimum Gasteiger partial charge on any atom is -0.194 e. The van der Waals surface area contributed by atoms with E-state index in [1.165, 1.54) is 19.9 Å². The number of hydrogen-bond acceptors (Lipinski definition) is 0. The molecule has 1 rings (SSSR count). The highest BCUT2D eigenvalue weighted by molar-refractivity contribution is 5.40. The van der Waals surface area contributed by atoms with Crippen LogP contribution < -0.4 is 0 Å². The summed E-state index contributed by atoms with van der Waals surface area (Å²) in [7, 11) is 0. The van der Waals surface area contributed by atoms with Crippen LogP contribution in [0.15, 0.2) is 24.3 Å². The van der Waals surface area contributed by atoms with Gasteiger partial charge in [0.1, 0.15) is 0 Å². The first kappa shape index (κ1) is 15.8. The first-order valence-corrected chi connectivity index (χ1v) is 5.15. The Hall–Kier alpha value is -1.27. The lowest BCUT2D eigenvalue weighted by Gasteiger charge is -2.30. The molecule has 0 bridgehead atoms. The summed E-state index contributed by atoms with van der Waals surface area (Å²) >= 11 is 0. The highest BCUT2D eigenvalue weighted by Crippen LogP contribution is 2.52. The third kappa shape index (κ3) is 2.55. The fourth-order valence-electron chi connectivity index (χ4n) is 1.54. The van der Waals surface area contributed by atoms with Crippen LogP contribution >= 0.6 is 0 Å². The lowest BCUT2D eigenvalue weighted by molar-refractivity contribution is -0.359. The molecular formula is C12H10F7. The van der Waals surface area contributed by atoms with Gasteiger partial charge in [-0.2, -0.15) is 30.7 Å². The van der Waals surface area contributed by atoms with Gasteiger partial charge in [-0.15, -0.1) is 0 Å². The Bertz CT molecular complexity index is 446. The summed E-state index contributed by atoms with van der Waals surface area (Å²) in [5.41, 5.74) is -1.66. The van der Waals surface area contributed by atoms with Crippen molar-refractivity contribution in [2.45, 2.75) is 31.9 Å². The van der Waals surface area contributed by atoms with Gasteiger partial charge in [0.25, 0.3) is 0 Å². The van der Waals surface area contributed by atoms with Crippen molar-refractivity contribution in [2.24, 2.45) is 0 Å². The van der Waals surface area contributed by atoms with Crippen molar-refractivity contribution in [3.8, 4) is 0 Å². The maximum Gasteiger partial charge on any atom is 0.460 e. The summed E-state index contributed by atoms with van der Waals surface area (Å²) in [6.45, 7) is 2.70. The topological polar surface area (TPSA) is 0 Å². The minimum atomic E-state index is -6.33. The fraction of sp³-hybridized carbons (Fsp3) is 0.417. The maximum absolute atomic E-state index is 13.6. The van der Waals surface area contributed by atoms with Crippen molar-refractivity contribution in [3.05, 3.63) is 41.3 Å². The largest absolute Gasteiger partial charge is 0.460 e. The van der Waals surface area contributed by atoms with Gasteiger partial charge in [0.05, 0.1) is 0 Å². The molecule has 0 atom stereocenters. The van der Waals surface area contributed by atoms with E-state index in [9.17, 15) is 30.7 Å². The second-order valence-electron chi connectivity index (χ2n) is 4.19. The highest BCUT2D eigenvalue weighted by Gasteiger charge is 2.73. The molecule has 1 aromatic rings. The predicted molar refractivity (Wildman–Crippen MR) is 55.0 cm³/mol. The van der Waals surface area contributed by atoms with Crippen LogP contribution in [0.3, 0.4) is 0 Å². The molecular weight excluding hydrogens is 277 g/mol. The quantitative estimate of drug-likeness (QED) is 0.691. The molecule has 0 saturated heterocycles. The van der Waals surface area contributed by atoms with Gasteiger partial charge in [0.2, 0.25) is 0 Å². The molecule has 0 N–H and O–H groups in total. The SMILES string of the molecule is C[C](C)c1ccccc1C(F)(F)C(F)(F)C(F)(F)F. The average Bonchev–Trinajstić information content (AvgIpc) is 2.27. The van der Waals surface area contributed by atoms with Crippen LogP contribution in [0.4, 0.5) is 30.7 Å². The average molecular weight is 287 g/mol. The Balaban J connectivity index is 3.44. The zero-order valence-electron chi connectivity index (χ0n) is 9.96. The molecule has 0 heterocycles. The molecule has 0 aliphatic carbocycles. The Morgan fingerprint density at radius 3 is 1.74 bits per heavy atom. The zero-order chi connectivity index (χ0) is 15.1. The van der Waals surface area contributed by atoms with E-state index in [-0.39, 0.29) is 11.5 Å². The Kier molecular flexibility index (Phi) is 3.89. The van der Waals surface area contributed by atoms with Gasteiger partial charge in [0.15, 0.2) is 0 Å². The van der Waals surface area contributed by atoms with Gasteiger partial charge in [-0.1, -0.05) is 38.1 Å². The van der Waals surface area contributed by atoms with Crippen LogP contribution in [0.2, 0.25) is 0 Å². The van der Waals surface area contributed by atoms with Gasteiger partial charge in [-0.3, -0.25) is 0 Å². The van der Waals surface area contributed by atoms with E-state index in [1.807, 2.05) is 0 Å². The summed E-state index contributed by atoms with van der Waals surface area (Å²) in [4.78, 5) is 0. The first-order chi connectivity index (χ1) is 8.43. The molecule has 0 aromatic heterocycles. The van der Waals surface area contributed by atoms with Crippen LogP contribution in [0.1, 0.15) is 25.0 Å². The number of benzene rings is 1. The highest BCUT2D eigenvalue weighted by atomic mass is 19.4. The van der Waals surface area contributed by atoms with Crippen LogP contribution in [-0.2, 0) is 5.92 Å². The van der Waals surface area contributed by atoms with E-state index in [1.54, 1.807) is 0 Å². The molecule has 0 nitrogen and oxygen atoms in total. The van der Waals surface area contributed by atoms with Crippen LogP contribution in [0, 0.1) is 5.92 Å². The normalized spacial score (nSPS) is 14.0. The third-order valence-electron chi connectivity index (χ3n) is 2.55. The van der Waals surface area contributed by atoms with E-state index in [0.717, 1.165) is 12.1 Å². The van der Waals surface area contributed by atoms with Crippen LogP contribution in [0.5, 0.6) is 0 Å². The van der Waals surface area contributed by atoms with Crippen molar-refractivity contribution in [1.82, 2.24) is 0 Å². The molecule has 7 heteroatoms. The van der Waals surface area contributed by atoms with Crippen molar-refractivity contribution < 1.29 is 30.7 Å². The Labute approximate surface area is 105 Å². The van der Waals surface area contributed by atoms with Crippen molar-refractivity contribution >= 4 is 0 Å². The lowest BCUT2D eigenvalue weighted by atomic mass is 9.90. The zero-order valence-corrected chi connectivity index (χ0v) is 9.96. The molecule has 1 aromatic carbocycles. The predicted octanol–water partition coefficient (Wildman–Crippen LogP) is 4.94. The molecule has 1 radical (unpaired) electrons. The molecule has 0 spiro atoms. The van der Waals surface area contributed by atoms with Crippen molar-refractivity contribution in [3.63, 3.8) is 0 Å². The van der Waals surface area contributed by atoms with Crippen molar-refractivity contribution in [2.75, 3.05) is 0 Å². The Morgan fingerprint density at radius 2 is 1.32 bits per heavy atom. The fourth-order valence-corrected chi connectivity index (χ4v) is 1.54. The van der Waals surface area contributed by atoms with Gasteiger partial charge in [-0.05, 0) is 11.5 Å². The second-order valence-corrected chi connectivity index (χ2v) is 4.19. The van der Waals surface area contributed by atoms with Gasteiger partial charge < -0.3 is 0 Å². The number of rotatable bonds is 3. The van der Waals surface area contributed by atoms with Gasteiger partial charge in [0, 0.05) is 5.56 Å². The summed E-state index contributed by atoms with van der Waals surface area (Å²) in [6, 6.07) is 3.92. The van der Waals surface area contributed by atoms with Gasteiger partial charge >= 0.3 is 18.0 Å². The van der Waals surface area contributed by atoms with E-state index in [4.69, 9.17) is 0 Å². The smallest absolute Gasteiger partial charge is 0.194 e. The Morgan fingerprint density at radius 1 is 0.842 bits per heavy atom. The summed E-state index contributed by atoms with van der Waals surface area (Å²) in [5.74, 6) is -11.3. The van der Waals surface area contributed by atoms with Gasteiger partial charge in [-0.25, -0.2) is 0 Å². The molecule has 0 aliphatic rings. The summed E-state index contributed by atoms with van der Waals surface area (Å²) in [6.07, 6.45) is -6.33. The van der Waals surface area contributed by atoms with Crippen molar-refractivity contribution in [1.29, 1.82) is 0 Å². The molecule has 19 heavy (non-hydrogen) atoms. The molecule has 0 saturated carbocycles. The third-order valence-corrected chi connectivity index (χ3v) is 2.55. The molecule has 0 unspecified atom stereocenters. The lowest BCUT2D eigenvalue weighted by Crippen LogP contribution is -2.50. The van der Waals surface area contributed by atoms with Crippen LogP contribution in [-0.4, -0.2) is 12.1 Å². The molecule has 0 amide bonds. The monoisotopic (exact) mass is 287 g/mol. The minimum absolute atomic E-state index is 0.216. The standard InChI is InChI=1S/C12H10F7/c1-7(2)8-5-3-4-6-9(8)10(13,14)11(15,16)12(17,18)19/h3-6H,1-2H3.